The molecule has 6 rings (SSSR count). The molecule has 2 aliphatic heterocycles. The molecule has 0 atom stereocenters. The SMILES string of the molecule is CC(=O)N1CCN(c2ccc(-n3ncc4c(=O)n(CC5(O)CCN(C(=O)C6CC6)CC5)cnc43)cc2)CC1. The molecule has 2 aromatic heterocycles. The Morgan fingerprint density at radius 1 is 0.974 bits per heavy atom. The van der Waals surface area contributed by atoms with Crippen molar-refractivity contribution in [2.24, 2.45) is 5.92 Å². The monoisotopic (exact) mass is 519 g/mol. The van der Waals surface area contributed by atoms with Crippen LogP contribution >= 0.6 is 0 Å². The van der Waals surface area contributed by atoms with Gasteiger partial charge in [-0.05, 0) is 49.9 Å². The summed E-state index contributed by atoms with van der Waals surface area (Å²) in [5, 5.41) is 16.0. The summed E-state index contributed by atoms with van der Waals surface area (Å²) in [4.78, 5) is 47.7. The van der Waals surface area contributed by atoms with Gasteiger partial charge in [-0.2, -0.15) is 5.10 Å². The number of nitrogens with zero attached hydrogens (tertiary/aromatic N) is 7. The molecule has 0 spiro atoms. The first kappa shape index (κ1) is 24.6. The van der Waals surface area contributed by atoms with E-state index in [1.807, 2.05) is 34.1 Å². The van der Waals surface area contributed by atoms with Crippen LogP contribution < -0.4 is 10.5 Å². The fraction of sp³-hybridized carbons (Fsp3) is 0.519. The number of benzene rings is 1. The van der Waals surface area contributed by atoms with Gasteiger partial charge in [0.25, 0.3) is 5.56 Å². The highest BCUT2D eigenvalue weighted by molar-refractivity contribution is 5.81. The maximum absolute atomic E-state index is 13.3. The van der Waals surface area contributed by atoms with Gasteiger partial charge in [0.05, 0.1) is 24.0 Å². The van der Waals surface area contributed by atoms with Gasteiger partial charge in [-0.25, -0.2) is 9.67 Å². The molecular weight excluding hydrogens is 486 g/mol. The summed E-state index contributed by atoms with van der Waals surface area (Å²) in [5.41, 5.74) is 1.03. The third kappa shape index (κ3) is 4.66. The van der Waals surface area contributed by atoms with Crippen molar-refractivity contribution in [3.05, 3.63) is 47.1 Å². The first-order valence-electron chi connectivity index (χ1n) is 13.4. The van der Waals surface area contributed by atoms with Crippen molar-refractivity contribution >= 4 is 28.5 Å². The topological polar surface area (TPSA) is 117 Å². The third-order valence-corrected chi connectivity index (χ3v) is 8.14. The van der Waals surface area contributed by atoms with Gasteiger partial charge < -0.3 is 19.8 Å². The van der Waals surface area contributed by atoms with Crippen LogP contribution in [0.4, 0.5) is 5.69 Å². The molecule has 2 amide bonds. The molecule has 1 aliphatic carbocycles. The number of carbonyl (C=O) groups is 2. The average Bonchev–Trinajstić information content (AvgIpc) is 3.69. The Morgan fingerprint density at radius 2 is 1.63 bits per heavy atom. The Bertz CT molecular complexity index is 1410. The van der Waals surface area contributed by atoms with Crippen molar-refractivity contribution in [2.45, 2.75) is 44.8 Å². The Hall–Kier alpha value is -3.73. The standard InChI is InChI=1S/C27H33N7O4/c1-19(35)30-12-14-31(15-13-30)21-4-6-22(7-5-21)34-24-23(16-29-34)26(37)33(18-28-24)17-27(38)8-10-32(11-9-27)25(36)20-2-3-20/h4-7,16,18,20,38H,2-3,8-15,17H2,1H3. The van der Waals surface area contributed by atoms with E-state index in [0.29, 0.717) is 50.1 Å². The van der Waals surface area contributed by atoms with Gasteiger partial charge in [0.15, 0.2) is 5.65 Å². The molecule has 4 heterocycles. The van der Waals surface area contributed by atoms with E-state index in [-0.39, 0.29) is 29.8 Å². The summed E-state index contributed by atoms with van der Waals surface area (Å²) >= 11 is 0. The Labute approximate surface area is 220 Å². The maximum Gasteiger partial charge on any atom is 0.264 e. The number of carbonyl (C=O) groups excluding carboxylic acids is 2. The van der Waals surface area contributed by atoms with E-state index in [4.69, 9.17) is 0 Å². The lowest BCUT2D eigenvalue weighted by Crippen LogP contribution is -2.50. The number of likely N-dealkylation sites (tertiary alicyclic amines) is 1. The van der Waals surface area contributed by atoms with Crippen LogP contribution in [-0.2, 0) is 16.1 Å². The summed E-state index contributed by atoms with van der Waals surface area (Å²) in [7, 11) is 0. The smallest absolute Gasteiger partial charge is 0.264 e. The molecule has 1 N–H and O–H groups in total. The summed E-state index contributed by atoms with van der Waals surface area (Å²) in [6.45, 7) is 5.75. The van der Waals surface area contributed by atoms with Gasteiger partial charge in [0, 0.05) is 57.8 Å². The molecule has 2 saturated heterocycles. The van der Waals surface area contributed by atoms with Crippen molar-refractivity contribution in [1.29, 1.82) is 0 Å². The minimum atomic E-state index is -1.05. The van der Waals surface area contributed by atoms with E-state index in [1.54, 1.807) is 11.6 Å². The van der Waals surface area contributed by atoms with Crippen molar-refractivity contribution in [1.82, 2.24) is 29.1 Å². The second-order valence-corrected chi connectivity index (χ2v) is 10.8. The summed E-state index contributed by atoms with van der Waals surface area (Å²) in [5.74, 6) is 0.479. The minimum Gasteiger partial charge on any atom is -0.388 e. The molecular formula is C27H33N7O4. The van der Waals surface area contributed by atoms with E-state index >= 15 is 0 Å². The molecule has 0 radical (unpaired) electrons. The second kappa shape index (κ2) is 9.54. The predicted molar refractivity (Wildman–Crippen MR) is 141 cm³/mol. The van der Waals surface area contributed by atoms with E-state index in [0.717, 1.165) is 37.3 Å². The van der Waals surface area contributed by atoms with Gasteiger partial charge >= 0.3 is 0 Å². The molecule has 38 heavy (non-hydrogen) atoms. The zero-order chi connectivity index (χ0) is 26.4. The number of piperazine rings is 1. The van der Waals surface area contributed by atoms with Crippen LogP contribution in [-0.4, -0.2) is 90.9 Å². The molecule has 3 aromatic rings. The fourth-order valence-electron chi connectivity index (χ4n) is 5.54. The third-order valence-electron chi connectivity index (χ3n) is 8.14. The molecule has 1 saturated carbocycles. The van der Waals surface area contributed by atoms with Gasteiger partial charge in [-0.3, -0.25) is 19.0 Å². The van der Waals surface area contributed by atoms with Crippen LogP contribution in [0.2, 0.25) is 0 Å². The van der Waals surface area contributed by atoms with E-state index in [2.05, 4.69) is 15.0 Å². The number of hydrogen-bond donors (Lipinski definition) is 1. The van der Waals surface area contributed by atoms with Gasteiger partial charge in [0.1, 0.15) is 11.7 Å². The molecule has 200 valence electrons. The van der Waals surface area contributed by atoms with Crippen LogP contribution in [0.15, 0.2) is 41.6 Å². The minimum absolute atomic E-state index is 0.108. The molecule has 1 aromatic carbocycles. The van der Waals surface area contributed by atoms with E-state index in [1.165, 1.54) is 17.1 Å². The number of aromatic nitrogens is 4. The lowest BCUT2D eigenvalue weighted by atomic mass is 9.91. The van der Waals surface area contributed by atoms with E-state index in [9.17, 15) is 19.5 Å². The van der Waals surface area contributed by atoms with Crippen LogP contribution in [0.25, 0.3) is 16.7 Å². The lowest BCUT2D eigenvalue weighted by molar-refractivity contribution is -0.137. The van der Waals surface area contributed by atoms with Crippen molar-refractivity contribution in [3.8, 4) is 5.69 Å². The molecule has 11 nitrogen and oxygen atoms in total. The number of fused-ring (bicyclic) bond motifs is 1. The van der Waals surface area contributed by atoms with E-state index < -0.39 is 5.60 Å². The highest BCUT2D eigenvalue weighted by Gasteiger charge is 2.39. The van der Waals surface area contributed by atoms with Gasteiger partial charge in [-0.1, -0.05) is 0 Å². The molecule has 0 bridgehead atoms. The number of hydrogen-bond acceptors (Lipinski definition) is 7. The number of rotatable bonds is 5. The van der Waals surface area contributed by atoms with Crippen LogP contribution in [0.5, 0.6) is 0 Å². The molecule has 11 heteroatoms. The van der Waals surface area contributed by atoms with Gasteiger partial charge in [0.2, 0.25) is 11.8 Å². The summed E-state index contributed by atoms with van der Waals surface area (Å²) in [6, 6.07) is 7.93. The number of piperidine rings is 1. The fourth-order valence-corrected chi connectivity index (χ4v) is 5.54. The van der Waals surface area contributed by atoms with Crippen molar-refractivity contribution < 1.29 is 14.7 Å². The largest absolute Gasteiger partial charge is 0.388 e. The second-order valence-electron chi connectivity index (χ2n) is 10.8. The Morgan fingerprint density at radius 3 is 2.26 bits per heavy atom. The normalized spacial score (nSPS) is 19.7. The van der Waals surface area contributed by atoms with Crippen molar-refractivity contribution in [3.63, 3.8) is 0 Å². The first-order valence-corrected chi connectivity index (χ1v) is 13.4. The summed E-state index contributed by atoms with van der Waals surface area (Å²) < 4.78 is 3.10. The number of aliphatic hydroxyl groups is 1. The predicted octanol–water partition coefficient (Wildman–Crippen LogP) is 1.01. The quantitative estimate of drug-likeness (QED) is 0.535. The maximum atomic E-state index is 13.3. The molecule has 0 unspecified atom stereocenters. The van der Waals surface area contributed by atoms with Gasteiger partial charge in [-0.15, -0.1) is 0 Å². The van der Waals surface area contributed by atoms with Crippen molar-refractivity contribution in [2.75, 3.05) is 44.2 Å². The zero-order valence-electron chi connectivity index (χ0n) is 21.6. The van der Waals surface area contributed by atoms with Crippen LogP contribution in [0, 0.1) is 5.92 Å². The molecule has 3 aliphatic rings. The molecule has 3 fully saturated rings. The first-order chi connectivity index (χ1) is 18.3. The Balaban J connectivity index is 1.15. The van der Waals surface area contributed by atoms with Crippen LogP contribution in [0.3, 0.4) is 0 Å². The highest BCUT2D eigenvalue weighted by Crippen LogP contribution is 2.33. The van der Waals surface area contributed by atoms with Crippen LogP contribution in [0.1, 0.15) is 32.6 Å². The summed E-state index contributed by atoms with van der Waals surface area (Å²) in [6.07, 6.45) is 5.81. The number of anilines is 1. The highest BCUT2D eigenvalue weighted by atomic mass is 16.3. The average molecular weight is 520 g/mol. The zero-order valence-corrected chi connectivity index (χ0v) is 21.6. The number of amides is 2. The lowest BCUT2D eigenvalue weighted by Gasteiger charge is -2.38. The Kier molecular flexibility index (Phi) is 6.17.